The van der Waals surface area contributed by atoms with Gasteiger partial charge < -0.3 is 14.6 Å². The van der Waals surface area contributed by atoms with Crippen molar-refractivity contribution in [2.45, 2.75) is 6.10 Å². The molecule has 162 valence electrons. The normalized spacial score (nSPS) is 11.9. The zero-order valence-electron chi connectivity index (χ0n) is 17.3. The van der Waals surface area contributed by atoms with Crippen molar-refractivity contribution in [1.82, 2.24) is 5.43 Å². The second-order valence-corrected chi connectivity index (χ2v) is 6.65. The molecule has 0 bridgehead atoms. The molecule has 3 aromatic carbocycles. The molecule has 7 heteroatoms. The average Bonchev–Trinajstić information content (AvgIpc) is 2.83. The Hall–Kier alpha value is -4.23. The maximum atomic E-state index is 12.1. The largest absolute Gasteiger partial charge is 0.497 e. The summed E-state index contributed by atoms with van der Waals surface area (Å²) in [6.45, 7) is 0. The van der Waals surface area contributed by atoms with E-state index in [0.717, 1.165) is 11.3 Å². The lowest BCUT2D eigenvalue weighted by Gasteiger charge is -2.08. The standard InChI is InChI=1S/C25H22N2O5/c1-31-21-13-10-18(11-14-21)12-15-23(28)32-22-9-5-6-19(16-22)17-26-27-25(30)24(29)20-7-3-2-4-8-20/h2-17,24,29H,1H3,(H,27,30)/b15-12-,26-17-. The van der Waals surface area contributed by atoms with E-state index in [4.69, 9.17) is 9.47 Å². The molecule has 3 aromatic rings. The summed E-state index contributed by atoms with van der Waals surface area (Å²) in [5.41, 5.74) is 4.19. The van der Waals surface area contributed by atoms with Crippen molar-refractivity contribution in [3.05, 3.63) is 102 Å². The zero-order valence-corrected chi connectivity index (χ0v) is 17.3. The number of nitrogens with zero attached hydrogens (tertiary/aromatic N) is 1. The van der Waals surface area contributed by atoms with Gasteiger partial charge in [0.2, 0.25) is 0 Å². The van der Waals surface area contributed by atoms with E-state index in [1.807, 2.05) is 12.1 Å². The molecule has 0 heterocycles. The maximum Gasteiger partial charge on any atom is 0.336 e. The number of methoxy groups -OCH3 is 1. The van der Waals surface area contributed by atoms with Crippen molar-refractivity contribution < 1.29 is 24.2 Å². The number of hydrogen-bond acceptors (Lipinski definition) is 6. The molecule has 0 spiro atoms. The Morgan fingerprint density at radius 3 is 2.41 bits per heavy atom. The summed E-state index contributed by atoms with van der Waals surface area (Å²) in [6, 6.07) is 22.4. The molecule has 32 heavy (non-hydrogen) atoms. The molecule has 7 nitrogen and oxygen atoms in total. The number of benzene rings is 3. The first-order valence-electron chi connectivity index (χ1n) is 9.75. The van der Waals surface area contributed by atoms with Gasteiger partial charge in [-0.2, -0.15) is 5.10 Å². The van der Waals surface area contributed by atoms with E-state index in [0.29, 0.717) is 16.9 Å². The molecule has 0 saturated carbocycles. The van der Waals surface area contributed by atoms with E-state index >= 15 is 0 Å². The summed E-state index contributed by atoms with van der Waals surface area (Å²) < 4.78 is 10.4. The summed E-state index contributed by atoms with van der Waals surface area (Å²) in [5.74, 6) is -0.129. The molecule has 0 aromatic heterocycles. The van der Waals surface area contributed by atoms with Crippen LogP contribution in [0.15, 0.2) is 90.0 Å². The van der Waals surface area contributed by atoms with Gasteiger partial charge in [0.25, 0.3) is 5.91 Å². The second kappa shape index (κ2) is 11.2. The van der Waals surface area contributed by atoms with Crippen molar-refractivity contribution in [2.75, 3.05) is 7.11 Å². The quantitative estimate of drug-likeness (QED) is 0.187. The summed E-state index contributed by atoms with van der Waals surface area (Å²) >= 11 is 0. The van der Waals surface area contributed by atoms with Crippen LogP contribution in [0.5, 0.6) is 11.5 Å². The monoisotopic (exact) mass is 430 g/mol. The molecule has 1 amide bonds. The van der Waals surface area contributed by atoms with Gasteiger partial charge in [0, 0.05) is 6.08 Å². The van der Waals surface area contributed by atoms with Gasteiger partial charge in [-0.05, 0) is 47.0 Å². The Labute approximate surface area is 185 Å². The fourth-order valence-electron chi connectivity index (χ4n) is 2.71. The minimum atomic E-state index is -1.32. The van der Waals surface area contributed by atoms with Gasteiger partial charge >= 0.3 is 5.97 Å². The van der Waals surface area contributed by atoms with Crippen molar-refractivity contribution >= 4 is 24.2 Å². The first kappa shape index (κ1) is 22.5. The van der Waals surface area contributed by atoms with Crippen LogP contribution in [0.4, 0.5) is 0 Å². The van der Waals surface area contributed by atoms with Crippen molar-refractivity contribution in [3.8, 4) is 11.5 Å². The fourth-order valence-corrected chi connectivity index (χ4v) is 2.71. The number of amides is 1. The first-order chi connectivity index (χ1) is 15.5. The van der Waals surface area contributed by atoms with E-state index in [2.05, 4.69) is 10.5 Å². The van der Waals surface area contributed by atoms with Crippen LogP contribution in [0, 0.1) is 0 Å². The van der Waals surface area contributed by atoms with E-state index in [9.17, 15) is 14.7 Å². The number of nitrogens with one attached hydrogen (secondary N) is 1. The SMILES string of the molecule is COc1ccc(/C=C\C(=O)Oc2cccc(/C=N\NC(=O)C(O)c3ccccc3)c2)cc1. The number of aliphatic hydroxyl groups is 1. The molecule has 3 rings (SSSR count). The predicted octanol–water partition coefficient (Wildman–Crippen LogP) is 3.50. The number of hydrazone groups is 1. The maximum absolute atomic E-state index is 12.1. The van der Waals surface area contributed by atoms with Crippen LogP contribution < -0.4 is 14.9 Å². The number of aliphatic hydroxyl groups excluding tert-OH is 1. The Morgan fingerprint density at radius 1 is 0.938 bits per heavy atom. The highest BCUT2D eigenvalue weighted by Crippen LogP contribution is 2.15. The Bertz CT molecular complexity index is 1110. The van der Waals surface area contributed by atoms with Crippen molar-refractivity contribution in [3.63, 3.8) is 0 Å². The summed E-state index contributed by atoms with van der Waals surface area (Å²) in [5, 5.41) is 13.9. The third-order valence-corrected chi connectivity index (χ3v) is 4.36. The number of rotatable bonds is 8. The smallest absolute Gasteiger partial charge is 0.336 e. The molecule has 0 saturated heterocycles. The Morgan fingerprint density at radius 2 is 1.69 bits per heavy atom. The Balaban J connectivity index is 1.54. The molecular formula is C25H22N2O5. The highest BCUT2D eigenvalue weighted by atomic mass is 16.5. The highest BCUT2D eigenvalue weighted by molar-refractivity contribution is 5.89. The zero-order chi connectivity index (χ0) is 22.8. The molecule has 0 aliphatic heterocycles. The fraction of sp³-hybridized carbons (Fsp3) is 0.0800. The summed E-state index contributed by atoms with van der Waals surface area (Å²) in [7, 11) is 1.59. The summed E-state index contributed by atoms with van der Waals surface area (Å²) in [4.78, 5) is 24.1. The minimum Gasteiger partial charge on any atom is -0.497 e. The lowest BCUT2D eigenvalue weighted by Crippen LogP contribution is -2.25. The predicted molar refractivity (Wildman–Crippen MR) is 121 cm³/mol. The highest BCUT2D eigenvalue weighted by Gasteiger charge is 2.15. The summed E-state index contributed by atoms with van der Waals surface area (Å²) in [6.07, 6.45) is 3.03. The Kier molecular flexibility index (Phi) is 7.89. The third kappa shape index (κ3) is 6.65. The van der Waals surface area contributed by atoms with Gasteiger partial charge in [-0.15, -0.1) is 0 Å². The molecule has 1 atom stereocenters. The van der Waals surface area contributed by atoms with Gasteiger partial charge in [0.05, 0.1) is 13.3 Å². The third-order valence-electron chi connectivity index (χ3n) is 4.36. The number of esters is 1. The second-order valence-electron chi connectivity index (χ2n) is 6.65. The van der Waals surface area contributed by atoms with Crippen molar-refractivity contribution in [1.29, 1.82) is 0 Å². The van der Waals surface area contributed by atoms with Gasteiger partial charge in [-0.3, -0.25) is 4.79 Å². The van der Waals surface area contributed by atoms with Gasteiger partial charge in [-0.25, -0.2) is 10.2 Å². The molecule has 1 unspecified atom stereocenters. The van der Waals surface area contributed by atoms with E-state index < -0.39 is 18.0 Å². The topological polar surface area (TPSA) is 97.2 Å². The van der Waals surface area contributed by atoms with E-state index in [-0.39, 0.29) is 0 Å². The van der Waals surface area contributed by atoms with Crippen LogP contribution in [0.2, 0.25) is 0 Å². The van der Waals surface area contributed by atoms with Crippen LogP contribution in [0.25, 0.3) is 6.08 Å². The number of ether oxygens (including phenoxy) is 2. The number of carbonyl (C=O) groups is 2. The molecule has 0 aliphatic rings. The molecule has 0 radical (unpaired) electrons. The van der Waals surface area contributed by atoms with Gasteiger partial charge in [0.1, 0.15) is 11.5 Å². The number of hydrogen-bond donors (Lipinski definition) is 2. The van der Waals surface area contributed by atoms with E-state index in [1.54, 1.807) is 79.9 Å². The lowest BCUT2D eigenvalue weighted by atomic mass is 10.1. The van der Waals surface area contributed by atoms with Crippen LogP contribution in [-0.2, 0) is 9.59 Å². The molecule has 2 N–H and O–H groups in total. The van der Waals surface area contributed by atoms with Gasteiger partial charge in [0.15, 0.2) is 6.10 Å². The lowest BCUT2D eigenvalue weighted by molar-refractivity contribution is -0.130. The van der Waals surface area contributed by atoms with E-state index in [1.165, 1.54) is 12.3 Å². The van der Waals surface area contributed by atoms with Crippen LogP contribution >= 0.6 is 0 Å². The molecular weight excluding hydrogens is 408 g/mol. The van der Waals surface area contributed by atoms with Crippen LogP contribution in [0.1, 0.15) is 22.8 Å². The van der Waals surface area contributed by atoms with Crippen LogP contribution in [-0.4, -0.2) is 30.3 Å². The molecule has 0 fully saturated rings. The van der Waals surface area contributed by atoms with Crippen LogP contribution in [0.3, 0.4) is 0 Å². The molecule has 0 aliphatic carbocycles. The number of carbonyl (C=O) groups excluding carboxylic acids is 2. The minimum absolute atomic E-state index is 0.328. The average molecular weight is 430 g/mol. The van der Waals surface area contributed by atoms with Gasteiger partial charge in [-0.1, -0.05) is 54.6 Å². The van der Waals surface area contributed by atoms with Crippen molar-refractivity contribution in [2.24, 2.45) is 5.10 Å². The first-order valence-corrected chi connectivity index (χ1v) is 9.75.